The van der Waals surface area contributed by atoms with Crippen molar-refractivity contribution in [1.82, 2.24) is 0 Å². The third-order valence-corrected chi connectivity index (χ3v) is 6.02. The Balaban J connectivity index is 1.90. The number of hydrogen-bond acceptors (Lipinski definition) is 0. The van der Waals surface area contributed by atoms with Crippen molar-refractivity contribution in [2.24, 2.45) is 17.3 Å². The van der Waals surface area contributed by atoms with Gasteiger partial charge in [0.15, 0.2) is 0 Å². The van der Waals surface area contributed by atoms with Crippen molar-refractivity contribution in [3.05, 3.63) is 34.9 Å². The fraction of sp³-hybridized carbons (Fsp3) is 0.700. The van der Waals surface area contributed by atoms with Gasteiger partial charge in [0.05, 0.1) is 0 Å². The molecule has 1 aromatic rings. The van der Waals surface area contributed by atoms with Crippen LogP contribution in [0.1, 0.15) is 63.1 Å². The van der Waals surface area contributed by atoms with Crippen LogP contribution in [0.4, 0.5) is 0 Å². The molecule has 0 saturated heterocycles. The maximum absolute atomic E-state index is 6.75. The van der Waals surface area contributed by atoms with Gasteiger partial charge in [0, 0.05) is 5.38 Å². The van der Waals surface area contributed by atoms with Crippen molar-refractivity contribution in [3.63, 3.8) is 0 Å². The lowest BCUT2D eigenvalue weighted by Gasteiger charge is -2.38. The zero-order valence-electron chi connectivity index (χ0n) is 14.4. The monoisotopic (exact) mass is 306 g/mol. The molecule has 0 aromatic heterocycles. The molecule has 0 amide bonds. The zero-order chi connectivity index (χ0) is 15.6. The van der Waals surface area contributed by atoms with Crippen molar-refractivity contribution in [3.8, 4) is 0 Å². The molecular formula is C20H31Cl. The predicted octanol–water partition coefficient (Wildman–Crippen LogP) is 6.31. The molecule has 1 aromatic carbocycles. The van der Waals surface area contributed by atoms with Crippen molar-refractivity contribution in [1.29, 1.82) is 0 Å². The first-order valence-electron chi connectivity index (χ1n) is 8.47. The van der Waals surface area contributed by atoms with Crippen LogP contribution in [0.15, 0.2) is 18.2 Å². The van der Waals surface area contributed by atoms with Gasteiger partial charge in [-0.3, -0.25) is 0 Å². The number of hydrogen-bond donors (Lipinski definition) is 0. The quantitative estimate of drug-likeness (QED) is 0.574. The largest absolute Gasteiger partial charge is 0.122 e. The van der Waals surface area contributed by atoms with E-state index in [2.05, 4.69) is 52.8 Å². The van der Waals surface area contributed by atoms with Gasteiger partial charge in [-0.15, -0.1) is 11.6 Å². The van der Waals surface area contributed by atoms with Crippen LogP contribution in [0.25, 0.3) is 0 Å². The molecule has 0 aliphatic heterocycles. The van der Waals surface area contributed by atoms with E-state index >= 15 is 0 Å². The summed E-state index contributed by atoms with van der Waals surface area (Å²) in [7, 11) is 0. The fourth-order valence-corrected chi connectivity index (χ4v) is 4.10. The number of halogens is 1. The summed E-state index contributed by atoms with van der Waals surface area (Å²) in [4.78, 5) is 0. The Morgan fingerprint density at radius 2 is 1.67 bits per heavy atom. The highest BCUT2D eigenvalue weighted by Gasteiger charge is 2.32. The average Bonchev–Trinajstić information content (AvgIpc) is 2.42. The SMILES string of the molecule is Cc1ccc(CC(Cl)C2CCC(C(C)(C)C)CC2)cc1C. The smallest absolute Gasteiger partial charge is 0.0404 e. The van der Waals surface area contributed by atoms with Crippen LogP contribution in [0.5, 0.6) is 0 Å². The van der Waals surface area contributed by atoms with Gasteiger partial charge >= 0.3 is 0 Å². The summed E-state index contributed by atoms with van der Waals surface area (Å²) in [5.41, 5.74) is 4.61. The van der Waals surface area contributed by atoms with Crippen LogP contribution >= 0.6 is 11.6 Å². The van der Waals surface area contributed by atoms with Crippen molar-refractivity contribution >= 4 is 11.6 Å². The molecule has 1 unspecified atom stereocenters. The predicted molar refractivity (Wildman–Crippen MR) is 94.2 cm³/mol. The first kappa shape index (κ1) is 16.9. The summed E-state index contributed by atoms with van der Waals surface area (Å²) in [6, 6.07) is 6.79. The molecule has 1 aliphatic rings. The molecule has 1 saturated carbocycles. The Morgan fingerprint density at radius 3 is 2.19 bits per heavy atom. The number of aryl methyl sites for hydroxylation is 2. The highest BCUT2D eigenvalue weighted by atomic mass is 35.5. The number of rotatable bonds is 3. The highest BCUT2D eigenvalue weighted by molar-refractivity contribution is 6.20. The van der Waals surface area contributed by atoms with Crippen LogP contribution in [-0.4, -0.2) is 5.38 Å². The molecule has 0 nitrogen and oxygen atoms in total. The van der Waals surface area contributed by atoms with E-state index in [9.17, 15) is 0 Å². The highest BCUT2D eigenvalue weighted by Crippen LogP contribution is 2.42. The number of alkyl halides is 1. The van der Waals surface area contributed by atoms with Crippen LogP contribution in [0, 0.1) is 31.1 Å². The fourth-order valence-electron chi connectivity index (χ4n) is 3.67. The Bertz CT molecular complexity index is 461. The summed E-state index contributed by atoms with van der Waals surface area (Å²) in [6.07, 6.45) is 6.34. The second-order valence-electron chi connectivity index (χ2n) is 8.12. The minimum absolute atomic E-state index is 0.299. The summed E-state index contributed by atoms with van der Waals surface area (Å²) < 4.78 is 0. The first-order chi connectivity index (χ1) is 9.77. The van der Waals surface area contributed by atoms with E-state index in [1.807, 2.05) is 0 Å². The van der Waals surface area contributed by atoms with Gasteiger partial charge in [-0.2, -0.15) is 0 Å². The molecule has 0 bridgehead atoms. The van der Waals surface area contributed by atoms with E-state index < -0.39 is 0 Å². The standard InChI is InChI=1S/C20H31Cl/c1-14-6-7-16(12-15(14)2)13-19(21)17-8-10-18(11-9-17)20(3,4)5/h6-7,12,17-19H,8-11,13H2,1-5H3. The first-order valence-corrected chi connectivity index (χ1v) is 8.91. The molecule has 0 radical (unpaired) electrons. The lowest BCUT2D eigenvalue weighted by atomic mass is 9.69. The molecule has 1 fully saturated rings. The van der Waals surface area contributed by atoms with Crippen LogP contribution in [-0.2, 0) is 6.42 Å². The second kappa shape index (κ2) is 6.73. The van der Waals surface area contributed by atoms with Gasteiger partial charge in [-0.1, -0.05) is 39.0 Å². The third kappa shape index (κ3) is 4.49. The van der Waals surface area contributed by atoms with E-state index in [1.54, 1.807) is 0 Å². The maximum atomic E-state index is 6.75. The Morgan fingerprint density at radius 1 is 1.05 bits per heavy atom. The van der Waals surface area contributed by atoms with Crippen molar-refractivity contribution < 1.29 is 0 Å². The van der Waals surface area contributed by atoms with Gasteiger partial charge in [0.2, 0.25) is 0 Å². The topological polar surface area (TPSA) is 0 Å². The average molecular weight is 307 g/mol. The lowest BCUT2D eigenvalue weighted by Crippen LogP contribution is -2.29. The van der Waals surface area contributed by atoms with Crippen molar-refractivity contribution in [2.75, 3.05) is 0 Å². The van der Waals surface area contributed by atoms with Crippen LogP contribution < -0.4 is 0 Å². The van der Waals surface area contributed by atoms with Gasteiger partial charge in [0.25, 0.3) is 0 Å². The molecule has 1 atom stereocenters. The molecule has 21 heavy (non-hydrogen) atoms. The molecule has 1 heteroatoms. The van der Waals surface area contributed by atoms with E-state index in [1.165, 1.54) is 42.4 Å². The lowest BCUT2D eigenvalue weighted by molar-refractivity contribution is 0.148. The Kier molecular flexibility index (Phi) is 5.41. The van der Waals surface area contributed by atoms with Gasteiger partial charge in [-0.05, 0) is 79.9 Å². The van der Waals surface area contributed by atoms with E-state index in [-0.39, 0.29) is 0 Å². The van der Waals surface area contributed by atoms with Gasteiger partial charge < -0.3 is 0 Å². The minimum atomic E-state index is 0.299. The number of benzene rings is 1. The van der Waals surface area contributed by atoms with Crippen LogP contribution in [0.2, 0.25) is 0 Å². The molecule has 2 rings (SSSR count). The third-order valence-electron chi connectivity index (χ3n) is 5.51. The molecule has 0 N–H and O–H groups in total. The van der Waals surface area contributed by atoms with Crippen molar-refractivity contribution in [2.45, 2.75) is 72.1 Å². The normalized spacial score (nSPS) is 24.9. The van der Waals surface area contributed by atoms with E-state index in [4.69, 9.17) is 11.6 Å². The van der Waals surface area contributed by atoms with Gasteiger partial charge in [-0.25, -0.2) is 0 Å². The van der Waals surface area contributed by atoms with E-state index in [0.717, 1.165) is 12.3 Å². The molecule has 118 valence electrons. The van der Waals surface area contributed by atoms with Gasteiger partial charge in [0.1, 0.15) is 0 Å². The molecule has 0 spiro atoms. The summed E-state index contributed by atoms with van der Waals surface area (Å²) in [5, 5.41) is 0.299. The molecule has 0 heterocycles. The molecule has 1 aliphatic carbocycles. The Labute approximate surface area is 136 Å². The maximum Gasteiger partial charge on any atom is 0.0404 e. The summed E-state index contributed by atoms with van der Waals surface area (Å²) >= 11 is 6.75. The summed E-state index contributed by atoms with van der Waals surface area (Å²) in [6.45, 7) is 11.5. The minimum Gasteiger partial charge on any atom is -0.122 e. The van der Waals surface area contributed by atoms with Crippen LogP contribution in [0.3, 0.4) is 0 Å². The molecular weight excluding hydrogens is 276 g/mol. The summed E-state index contributed by atoms with van der Waals surface area (Å²) in [5.74, 6) is 1.58. The van der Waals surface area contributed by atoms with E-state index in [0.29, 0.717) is 16.7 Å². The Hall–Kier alpha value is -0.490. The zero-order valence-corrected chi connectivity index (χ0v) is 15.1. The second-order valence-corrected chi connectivity index (χ2v) is 8.68.